The Morgan fingerprint density at radius 3 is 2.25 bits per heavy atom. The summed E-state index contributed by atoms with van der Waals surface area (Å²) in [5, 5.41) is 9.02. The van der Waals surface area contributed by atoms with Gasteiger partial charge in [-0.2, -0.15) is 0 Å². The summed E-state index contributed by atoms with van der Waals surface area (Å²) >= 11 is 1.73. The molecule has 20 heavy (non-hydrogen) atoms. The Morgan fingerprint density at radius 2 is 1.70 bits per heavy atom. The van der Waals surface area contributed by atoms with Crippen LogP contribution in [0.3, 0.4) is 0 Å². The molecular weight excluding hydrogens is 268 g/mol. The van der Waals surface area contributed by atoms with Gasteiger partial charge >= 0.3 is 5.97 Å². The third kappa shape index (κ3) is 3.64. The molecule has 0 aromatic heterocycles. The molecule has 1 N–H and O–H groups in total. The van der Waals surface area contributed by atoms with Gasteiger partial charge in [-0.05, 0) is 50.1 Å². The number of aromatic carboxylic acids is 1. The second kappa shape index (κ2) is 6.14. The van der Waals surface area contributed by atoms with Gasteiger partial charge in [0, 0.05) is 10.6 Å². The minimum atomic E-state index is -0.867. The molecule has 2 rings (SSSR count). The molecule has 0 saturated heterocycles. The van der Waals surface area contributed by atoms with E-state index >= 15 is 0 Å². The molecule has 0 heterocycles. The van der Waals surface area contributed by atoms with Crippen LogP contribution in [-0.4, -0.2) is 11.1 Å². The van der Waals surface area contributed by atoms with Gasteiger partial charge in [-0.15, -0.1) is 11.8 Å². The molecule has 0 amide bonds. The summed E-state index contributed by atoms with van der Waals surface area (Å²) < 4.78 is 0. The van der Waals surface area contributed by atoms with Crippen LogP contribution in [0.25, 0.3) is 0 Å². The summed E-state index contributed by atoms with van der Waals surface area (Å²) in [4.78, 5) is 12.1. The molecule has 2 nitrogen and oxygen atoms in total. The molecule has 2 aromatic carbocycles. The van der Waals surface area contributed by atoms with Crippen molar-refractivity contribution in [3.63, 3.8) is 0 Å². The van der Waals surface area contributed by atoms with Crippen molar-refractivity contribution in [2.75, 3.05) is 0 Å². The molecule has 0 unspecified atom stereocenters. The van der Waals surface area contributed by atoms with Crippen molar-refractivity contribution in [1.82, 2.24) is 0 Å². The third-order valence-corrected chi connectivity index (χ3v) is 4.18. The van der Waals surface area contributed by atoms with Crippen molar-refractivity contribution in [3.8, 4) is 0 Å². The number of thioether (sulfide) groups is 1. The van der Waals surface area contributed by atoms with Gasteiger partial charge in [0.05, 0.1) is 5.56 Å². The lowest BCUT2D eigenvalue weighted by Crippen LogP contribution is -1.99. The molecule has 0 spiro atoms. The monoisotopic (exact) mass is 286 g/mol. The topological polar surface area (TPSA) is 37.3 Å². The lowest BCUT2D eigenvalue weighted by atomic mass is 10.1. The summed E-state index contributed by atoms with van der Waals surface area (Å²) in [5.74, 6) is 0.0299. The molecule has 0 aliphatic heterocycles. The number of carboxylic acids is 1. The van der Waals surface area contributed by atoms with Gasteiger partial charge in [-0.3, -0.25) is 0 Å². The molecule has 0 radical (unpaired) electrons. The summed E-state index contributed by atoms with van der Waals surface area (Å²) in [6.45, 7) is 6.05. The molecule has 0 saturated carbocycles. The van der Waals surface area contributed by atoms with Gasteiger partial charge in [0.15, 0.2) is 0 Å². The maximum atomic E-state index is 11.0. The summed E-state index contributed by atoms with van der Waals surface area (Å²) in [6.07, 6.45) is 0. The standard InChI is InChI=1S/C17H18O2S/c1-11-6-12(2)8-14(7-11)10-20-15-4-5-16(17(18)19)13(3)9-15/h4-9H,10H2,1-3H3,(H,18,19). The minimum absolute atomic E-state index is 0.376. The van der Waals surface area contributed by atoms with Crippen LogP contribution in [-0.2, 0) is 5.75 Å². The smallest absolute Gasteiger partial charge is 0.335 e. The third-order valence-electron chi connectivity index (χ3n) is 3.12. The average Bonchev–Trinajstić information content (AvgIpc) is 2.35. The van der Waals surface area contributed by atoms with Crippen molar-refractivity contribution >= 4 is 17.7 Å². The van der Waals surface area contributed by atoms with Crippen molar-refractivity contribution in [1.29, 1.82) is 0 Å². The number of benzene rings is 2. The van der Waals surface area contributed by atoms with E-state index in [0.717, 1.165) is 16.2 Å². The van der Waals surface area contributed by atoms with E-state index in [1.54, 1.807) is 17.8 Å². The van der Waals surface area contributed by atoms with Crippen LogP contribution in [0.15, 0.2) is 41.3 Å². The van der Waals surface area contributed by atoms with E-state index in [9.17, 15) is 4.79 Å². The lowest BCUT2D eigenvalue weighted by molar-refractivity contribution is 0.0696. The van der Waals surface area contributed by atoms with Crippen LogP contribution in [0.5, 0.6) is 0 Å². The number of carbonyl (C=O) groups is 1. The van der Waals surface area contributed by atoms with E-state index < -0.39 is 5.97 Å². The molecular formula is C17H18O2S. The second-order valence-electron chi connectivity index (χ2n) is 5.07. The lowest BCUT2D eigenvalue weighted by Gasteiger charge is -2.07. The van der Waals surface area contributed by atoms with E-state index in [2.05, 4.69) is 32.0 Å². The number of hydrogen-bond donors (Lipinski definition) is 1. The highest BCUT2D eigenvalue weighted by Gasteiger charge is 2.07. The van der Waals surface area contributed by atoms with E-state index in [1.165, 1.54) is 16.7 Å². The average molecular weight is 286 g/mol. The number of carboxylic acid groups (broad SMARTS) is 1. The predicted molar refractivity (Wildman–Crippen MR) is 83.6 cm³/mol. The normalized spacial score (nSPS) is 10.6. The molecule has 0 fully saturated rings. The highest BCUT2D eigenvalue weighted by Crippen LogP contribution is 2.25. The fourth-order valence-corrected chi connectivity index (χ4v) is 3.21. The number of hydrogen-bond acceptors (Lipinski definition) is 2. The quantitative estimate of drug-likeness (QED) is 0.834. The highest BCUT2D eigenvalue weighted by atomic mass is 32.2. The molecule has 0 aliphatic rings. The first-order valence-electron chi connectivity index (χ1n) is 6.49. The zero-order chi connectivity index (χ0) is 14.7. The first kappa shape index (κ1) is 14.7. The molecule has 0 atom stereocenters. The minimum Gasteiger partial charge on any atom is -0.478 e. The zero-order valence-corrected chi connectivity index (χ0v) is 12.8. The van der Waals surface area contributed by atoms with Crippen LogP contribution in [0.1, 0.15) is 32.6 Å². The van der Waals surface area contributed by atoms with Crippen LogP contribution < -0.4 is 0 Å². The van der Waals surface area contributed by atoms with Gasteiger partial charge in [0.1, 0.15) is 0 Å². The van der Waals surface area contributed by atoms with E-state index in [0.29, 0.717) is 5.56 Å². The zero-order valence-electron chi connectivity index (χ0n) is 11.9. The molecule has 104 valence electrons. The number of aryl methyl sites for hydroxylation is 3. The van der Waals surface area contributed by atoms with Crippen molar-refractivity contribution < 1.29 is 9.90 Å². The second-order valence-corrected chi connectivity index (χ2v) is 6.12. The molecule has 3 heteroatoms. The first-order chi connectivity index (χ1) is 9.45. The Labute approximate surface area is 123 Å². The van der Waals surface area contributed by atoms with E-state index in [4.69, 9.17) is 5.11 Å². The largest absolute Gasteiger partial charge is 0.478 e. The van der Waals surface area contributed by atoms with Crippen LogP contribution in [0.4, 0.5) is 0 Å². The molecule has 0 bridgehead atoms. The predicted octanol–water partition coefficient (Wildman–Crippen LogP) is 4.60. The van der Waals surface area contributed by atoms with Crippen molar-refractivity contribution in [2.45, 2.75) is 31.4 Å². The molecule has 2 aromatic rings. The Balaban J connectivity index is 2.11. The Kier molecular flexibility index (Phi) is 4.50. The van der Waals surface area contributed by atoms with Gasteiger partial charge in [0.25, 0.3) is 0 Å². The highest BCUT2D eigenvalue weighted by molar-refractivity contribution is 7.98. The fourth-order valence-electron chi connectivity index (χ4n) is 2.28. The Hall–Kier alpha value is -1.74. The molecule has 0 aliphatic carbocycles. The first-order valence-corrected chi connectivity index (χ1v) is 7.48. The Bertz CT molecular complexity index is 627. The van der Waals surface area contributed by atoms with Gasteiger partial charge in [-0.1, -0.05) is 29.3 Å². The van der Waals surface area contributed by atoms with Crippen molar-refractivity contribution in [3.05, 3.63) is 64.2 Å². The summed E-state index contributed by atoms with van der Waals surface area (Å²) in [5.41, 5.74) is 5.03. The van der Waals surface area contributed by atoms with Gasteiger partial charge < -0.3 is 5.11 Å². The fraction of sp³-hybridized carbons (Fsp3) is 0.235. The van der Waals surface area contributed by atoms with Crippen molar-refractivity contribution in [2.24, 2.45) is 0 Å². The maximum absolute atomic E-state index is 11.0. The van der Waals surface area contributed by atoms with Crippen LogP contribution in [0.2, 0.25) is 0 Å². The summed E-state index contributed by atoms with van der Waals surface area (Å²) in [7, 11) is 0. The van der Waals surface area contributed by atoms with Crippen LogP contribution >= 0.6 is 11.8 Å². The Morgan fingerprint density at radius 1 is 1.05 bits per heavy atom. The van der Waals surface area contributed by atoms with Crippen LogP contribution in [0, 0.1) is 20.8 Å². The number of rotatable bonds is 4. The maximum Gasteiger partial charge on any atom is 0.335 e. The van der Waals surface area contributed by atoms with Gasteiger partial charge in [-0.25, -0.2) is 4.79 Å². The summed E-state index contributed by atoms with van der Waals surface area (Å²) in [6, 6.07) is 12.1. The SMILES string of the molecule is Cc1cc(C)cc(CSc2ccc(C(=O)O)c(C)c2)c1. The van der Waals surface area contributed by atoms with Gasteiger partial charge in [0.2, 0.25) is 0 Å². The van der Waals surface area contributed by atoms with E-state index in [-0.39, 0.29) is 0 Å². The van der Waals surface area contributed by atoms with E-state index in [1.807, 2.05) is 19.1 Å².